The number of halogens is 1. The standard InChI is InChI=1S/C19H18FN3O3S/c1-11-8-13(12(2)22(11)3)9-16-18(25)23(19(26)27-16)10-17(24)21-15-6-4-14(20)5-7-15/h4-9H,10H2,1-3H3,(H,21,24)/b16-9-. The van der Waals surface area contributed by atoms with Gasteiger partial charge in [-0.05, 0) is 67.6 Å². The molecule has 0 atom stereocenters. The lowest BCUT2D eigenvalue weighted by atomic mass is 10.2. The van der Waals surface area contributed by atoms with Crippen molar-refractivity contribution in [3.63, 3.8) is 0 Å². The van der Waals surface area contributed by atoms with Gasteiger partial charge in [0.2, 0.25) is 5.91 Å². The van der Waals surface area contributed by atoms with E-state index in [0.717, 1.165) is 33.6 Å². The third-order valence-corrected chi connectivity index (χ3v) is 5.31. The zero-order valence-corrected chi connectivity index (χ0v) is 15.9. The molecule has 0 aliphatic carbocycles. The topological polar surface area (TPSA) is 71.4 Å². The van der Waals surface area contributed by atoms with Gasteiger partial charge in [-0.2, -0.15) is 0 Å². The fraction of sp³-hybridized carbons (Fsp3) is 0.211. The number of carbonyl (C=O) groups excluding carboxylic acids is 3. The van der Waals surface area contributed by atoms with Crippen LogP contribution in [0.2, 0.25) is 0 Å². The van der Waals surface area contributed by atoms with Crippen molar-refractivity contribution in [3.05, 3.63) is 58.0 Å². The molecule has 1 fully saturated rings. The van der Waals surface area contributed by atoms with Crippen molar-refractivity contribution in [1.29, 1.82) is 0 Å². The Kier molecular flexibility index (Phi) is 5.18. The van der Waals surface area contributed by atoms with Crippen LogP contribution in [0, 0.1) is 19.7 Å². The van der Waals surface area contributed by atoms with Crippen LogP contribution >= 0.6 is 11.8 Å². The quantitative estimate of drug-likeness (QED) is 0.816. The fourth-order valence-electron chi connectivity index (χ4n) is 2.69. The van der Waals surface area contributed by atoms with E-state index < -0.39 is 29.4 Å². The fourth-order valence-corrected chi connectivity index (χ4v) is 3.51. The van der Waals surface area contributed by atoms with Crippen molar-refractivity contribution in [3.8, 4) is 0 Å². The zero-order valence-electron chi connectivity index (χ0n) is 15.1. The molecule has 1 aliphatic rings. The molecule has 1 aromatic carbocycles. The molecular weight excluding hydrogens is 369 g/mol. The van der Waals surface area contributed by atoms with E-state index in [-0.39, 0.29) is 4.91 Å². The average Bonchev–Trinajstić information content (AvgIpc) is 3.02. The van der Waals surface area contributed by atoms with E-state index in [0.29, 0.717) is 5.69 Å². The van der Waals surface area contributed by atoms with Crippen LogP contribution in [0.5, 0.6) is 0 Å². The van der Waals surface area contributed by atoms with Gasteiger partial charge in [-0.3, -0.25) is 19.3 Å². The number of aryl methyl sites for hydroxylation is 1. The Hall–Kier alpha value is -2.87. The van der Waals surface area contributed by atoms with Crippen LogP contribution in [0.3, 0.4) is 0 Å². The summed E-state index contributed by atoms with van der Waals surface area (Å²) in [6, 6.07) is 7.17. The lowest BCUT2D eigenvalue weighted by molar-refractivity contribution is -0.127. The summed E-state index contributed by atoms with van der Waals surface area (Å²) in [7, 11) is 1.92. The van der Waals surface area contributed by atoms with Gasteiger partial charge in [0, 0.05) is 24.1 Å². The number of nitrogens with one attached hydrogen (secondary N) is 1. The smallest absolute Gasteiger partial charge is 0.294 e. The van der Waals surface area contributed by atoms with Gasteiger partial charge in [0.25, 0.3) is 11.1 Å². The SMILES string of the molecule is Cc1cc(/C=C2\SC(=O)N(CC(=O)Nc3ccc(F)cc3)C2=O)c(C)n1C. The van der Waals surface area contributed by atoms with Gasteiger partial charge in [-0.25, -0.2) is 4.39 Å². The first-order chi connectivity index (χ1) is 12.8. The number of hydrogen-bond acceptors (Lipinski definition) is 4. The van der Waals surface area contributed by atoms with Crippen LogP contribution in [-0.2, 0) is 16.6 Å². The van der Waals surface area contributed by atoms with Crippen molar-refractivity contribution in [2.45, 2.75) is 13.8 Å². The molecule has 27 heavy (non-hydrogen) atoms. The van der Waals surface area contributed by atoms with E-state index in [4.69, 9.17) is 0 Å². The second-order valence-corrected chi connectivity index (χ2v) is 7.20. The van der Waals surface area contributed by atoms with Gasteiger partial charge in [-0.1, -0.05) is 0 Å². The number of hydrogen-bond donors (Lipinski definition) is 1. The highest BCUT2D eigenvalue weighted by molar-refractivity contribution is 8.18. The van der Waals surface area contributed by atoms with E-state index in [1.165, 1.54) is 24.3 Å². The molecule has 3 amide bonds. The van der Waals surface area contributed by atoms with Crippen molar-refractivity contribution in [1.82, 2.24) is 9.47 Å². The Bertz CT molecular complexity index is 963. The minimum Gasteiger partial charge on any atom is -0.352 e. The zero-order chi connectivity index (χ0) is 19.7. The second kappa shape index (κ2) is 7.40. The maximum atomic E-state index is 12.9. The van der Waals surface area contributed by atoms with Crippen molar-refractivity contribution < 1.29 is 18.8 Å². The van der Waals surface area contributed by atoms with Crippen molar-refractivity contribution in [2.75, 3.05) is 11.9 Å². The van der Waals surface area contributed by atoms with E-state index in [1.54, 1.807) is 6.08 Å². The summed E-state index contributed by atoms with van der Waals surface area (Å²) in [5.41, 5.74) is 3.26. The van der Waals surface area contributed by atoms with E-state index >= 15 is 0 Å². The summed E-state index contributed by atoms with van der Waals surface area (Å²) in [5, 5.41) is 2.04. The molecule has 8 heteroatoms. The van der Waals surface area contributed by atoms with Crippen LogP contribution in [0.1, 0.15) is 17.0 Å². The highest BCUT2D eigenvalue weighted by Crippen LogP contribution is 2.33. The Labute approximate surface area is 160 Å². The predicted octanol–water partition coefficient (Wildman–Crippen LogP) is 3.46. The molecule has 0 saturated carbocycles. The summed E-state index contributed by atoms with van der Waals surface area (Å²) in [4.78, 5) is 38.0. The predicted molar refractivity (Wildman–Crippen MR) is 103 cm³/mol. The molecule has 1 aliphatic heterocycles. The molecule has 2 heterocycles. The van der Waals surface area contributed by atoms with Crippen LogP contribution in [-0.4, -0.2) is 33.1 Å². The van der Waals surface area contributed by atoms with Gasteiger partial charge in [0.05, 0.1) is 4.91 Å². The molecule has 2 aromatic rings. The summed E-state index contributed by atoms with van der Waals surface area (Å²) >= 11 is 0.810. The number of nitrogens with zero attached hydrogens (tertiary/aromatic N) is 2. The first kappa shape index (κ1) is 18.9. The molecule has 0 unspecified atom stereocenters. The molecular formula is C19H18FN3O3S. The maximum Gasteiger partial charge on any atom is 0.294 e. The second-order valence-electron chi connectivity index (χ2n) is 6.21. The normalized spacial score (nSPS) is 15.7. The summed E-state index contributed by atoms with van der Waals surface area (Å²) in [5.74, 6) is -1.45. The number of rotatable bonds is 4. The Morgan fingerprint density at radius 1 is 1.22 bits per heavy atom. The maximum absolute atomic E-state index is 12.9. The molecule has 1 N–H and O–H groups in total. The highest BCUT2D eigenvalue weighted by atomic mass is 32.2. The minimum atomic E-state index is -0.531. The monoisotopic (exact) mass is 387 g/mol. The van der Waals surface area contributed by atoms with E-state index in [1.807, 2.05) is 31.5 Å². The molecule has 1 aromatic heterocycles. The number of carbonyl (C=O) groups is 3. The Balaban J connectivity index is 1.72. The first-order valence-electron chi connectivity index (χ1n) is 8.20. The Morgan fingerprint density at radius 2 is 1.89 bits per heavy atom. The lowest BCUT2D eigenvalue weighted by Crippen LogP contribution is -2.36. The molecule has 140 valence electrons. The number of anilines is 1. The summed E-state index contributed by atoms with van der Waals surface area (Å²) < 4.78 is 14.9. The number of aromatic nitrogens is 1. The summed E-state index contributed by atoms with van der Waals surface area (Å²) in [6.45, 7) is 3.49. The molecule has 0 bridgehead atoms. The van der Waals surface area contributed by atoms with Crippen molar-refractivity contribution in [2.24, 2.45) is 7.05 Å². The first-order valence-corrected chi connectivity index (χ1v) is 9.01. The van der Waals surface area contributed by atoms with Gasteiger partial charge in [-0.15, -0.1) is 0 Å². The highest BCUT2D eigenvalue weighted by Gasteiger charge is 2.36. The molecule has 3 rings (SSSR count). The Morgan fingerprint density at radius 3 is 2.48 bits per heavy atom. The lowest BCUT2D eigenvalue weighted by Gasteiger charge is -2.12. The molecule has 0 radical (unpaired) electrons. The van der Waals surface area contributed by atoms with E-state index in [9.17, 15) is 18.8 Å². The van der Waals surface area contributed by atoms with Gasteiger partial charge in [0.15, 0.2) is 0 Å². The number of imide groups is 1. The van der Waals surface area contributed by atoms with Gasteiger partial charge in [0.1, 0.15) is 12.4 Å². The number of thioether (sulfide) groups is 1. The molecule has 0 spiro atoms. The van der Waals surface area contributed by atoms with Gasteiger partial charge >= 0.3 is 0 Å². The van der Waals surface area contributed by atoms with Gasteiger partial charge < -0.3 is 9.88 Å². The van der Waals surface area contributed by atoms with Crippen LogP contribution < -0.4 is 5.32 Å². The van der Waals surface area contributed by atoms with Crippen LogP contribution in [0.25, 0.3) is 6.08 Å². The third kappa shape index (κ3) is 3.95. The number of amides is 3. The molecule has 1 saturated heterocycles. The third-order valence-electron chi connectivity index (χ3n) is 4.40. The largest absolute Gasteiger partial charge is 0.352 e. The number of benzene rings is 1. The molecule has 6 nitrogen and oxygen atoms in total. The minimum absolute atomic E-state index is 0.281. The van der Waals surface area contributed by atoms with E-state index in [2.05, 4.69) is 5.32 Å². The average molecular weight is 387 g/mol. The van der Waals surface area contributed by atoms with Crippen LogP contribution in [0.15, 0.2) is 35.2 Å². The van der Waals surface area contributed by atoms with Crippen molar-refractivity contribution >= 4 is 40.6 Å². The summed E-state index contributed by atoms with van der Waals surface area (Å²) in [6.07, 6.45) is 1.67. The van der Waals surface area contributed by atoms with Crippen LogP contribution in [0.4, 0.5) is 14.9 Å².